The van der Waals surface area contributed by atoms with Crippen molar-refractivity contribution in [2.24, 2.45) is 0 Å². The number of benzene rings is 1. The molecule has 0 aliphatic rings. The van der Waals surface area contributed by atoms with E-state index in [1.807, 2.05) is 30.4 Å². The number of phenols is 1. The molecule has 0 amide bonds. The highest BCUT2D eigenvalue weighted by Gasteiger charge is 2.01. The lowest BCUT2D eigenvalue weighted by molar-refractivity contribution is 0.330. The van der Waals surface area contributed by atoms with Gasteiger partial charge in [0, 0.05) is 13.1 Å². The zero-order chi connectivity index (χ0) is 12.5. The van der Waals surface area contributed by atoms with Crippen molar-refractivity contribution in [1.82, 2.24) is 4.90 Å². The minimum absolute atomic E-state index is 0.344. The number of aromatic hydroxyl groups is 1. The van der Waals surface area contributed by atoms with E-state index in [2.05, 4.69) is 18.1 Å². The van der Waals surface area contributed by atoms with Crippen molar-refractivity contribution in [3.8, 4) is 5.75 Å². The van der Waals surface area contributed by atoms with Gasteiger partial charge in [0.05, 0.1) is 0 Å². The summed E-state index contributed by atoms with van der Waals surface area (Å²) in [5, 5.41) is 9.35. The molecule has 0 fully saturated rings. The van der Waals surface area contributed by atoms with E-state index in [0.717, 1.165) is 32.5 Å². The zero-order valence-electron chi connectivity index (χ0n) is 10.3. The second kappa shape index (κ2) is 7.69. The van der Waals surface area contributed by atoms with Crippen LogP contribution in [0, 0.1) is 0 Å². The average Bonchev–Trinajstić information content (AvgIpc) is 2.30. The second-order valence-corrected chi connectivity index (χ2v) is 4.11. The molecule has 92 valence electrons. The van der Waals surface area contributed by atoms with Crippen LogP contribution in [0.2, 0.25) is 0 Å². The third-order valence-electron chi connectivity index (χ3n) is 2.62. The van der Waals surface area contributed by atoms with E-state index >= 15 is 0 Å². The van der Waals surface area contributed by atoms with Gasteiger partial charge in [0.1, 0.15) is 5.75 Å². The summed E-state index contributed by atoms with van der Waals surface area (Å²) >= 11 is 0. The Labute approximate surface area is 104 Å². The first-order valence-electron chi connectivity index (χ1n) is 5.98. The summed E-state index contributed by atoms with van der Waals surface area (Å²) in [5.41, 5.74) is 1.18. The van der Waals surface area contributed by atoms with Gasteiger partial charge in [-0.25, -0.2) is 0 Å². The fourth-order valence-electron chi connectivity index (χ4n) is 1.84. The van der Waals surface area contributed by atoms with Crippen LogP contribution < -0.4 is 0 Å². The molecule has 0 aromatic heterocycles. The van der Waals surface area contributed by atoms with Gasteiger partial charge in [0.2, 0.25) is 0 Å². The zero-order valence-corrected chi connectivity index (χ0v) is 10.3. The van der Waals surface area contributed by atoms with Crippen LogP contribution in [-0.2, 0) is 6.42 Å². The SMILES string of the molecule is C=CCN(CC=C)CCCc1cccc(O)c1. The van der Waals surface area contributed by atoms with Crippen molar-refractivity contribution in [3.63, 3.8) is 0 Å². The van der Waals surface area contributed by atoms with E-state index in [4.69, 9.17) is 0 Å². The Morgan fingerprint density at radius 3 is 2.47 bits per heavy atom. The predicted octanol–water partition coefficient (Wildman–Crippen LogP) is 3.00. The molecule has 0 saturated carbocycles. The van der Waals surface area contributed by atoms with Crippen molar-refractivity contribution < 1.29 is 5.11 Å². The van der Waals surface area contributed by atoms with Crippen molar-refractivity contribution in [3.05, 3.63) is 55.1 Å². The number of rotatable bonds is 8. The highest BCUT2D eigenvalue weighted by molar-refractivity contribution is 5.27. The Morgan fingerprint density at radius 1 is 1.18 bits per heavy atom. The quantitative estimate of drug-likeness (QED) is 0.695. The number of hydrogen-bond donors (Lipinski definition) is 1. The van der Waals surface area contributed by atoms with Crippen molar-refractivity contribution in [1.29, 1.82) is 0 Å². The fraction of sp³-hybridized carbons (Fsp3) is 0.333. The van der Waals surface area contributed by atoms with Crippen LogP contribution in [0.25, 0.3) is 0 Å². The highest BCUT2D eigenvalue weighted by Crippen LogP contribution is 2.12. The van der Waals surface area contributed by atoms with Crippen LogP contribution in [0.15, 0.2) is 49.6 Å². The summed E-state index contributed by atoms with van der Waals surface area (Å²) in [7, 11) is 0. The van der Waals surface area contributed by atoms with Crippen LogP contribution in [0.4, 0.5) is 0 Å². The Hall–Kier alpha value is -1.54. The van der Waals surface area contributed by atoms with Crippen LogP contribution in [0.5, 0.6) is 5.75 Å². The molecular weight excluding hydrogens is 210 g/mol. The Bertz CT molecular complexity index is 350. The summed E-state index contributed by atoms with van der Waals surface area (Å²) in [6, 6.07) is 7.46. The van der Waals surface area contributed by atoms with E-state index in [1.165, 1.54) is 5.56 Å². The summed E-state index contributed by atoms with van der Waals surface area (Å²) in [4.78, 5) is 2.29. The van der Waals surface area contributed by atoms with Crippen LogP contribution in [0.3, 0.4) is 0 Å². The third kappa shape index (κ3) is 5.36. The first-order chi connectivity index (χ1) is 8.26. The molecule has 1 rings (SSSR count). The maximum atomic E-state index is 9.35. The molecule has 1 aromatic rings. The van der Waals surface area contributed by atoms with Gasteiger partial charge in [0.15, 0.2) is 0 Å². The molecule has 1 aromatic carbocycles. The minimum atomic E-state index is 0.344. The predicted molar refractivity (Wildman–Crippen MR) is 73.3 cm³/mol. The van der Waals surface area contributed by atoms with Crippen molar-refractivity contribution in [2.75, 3.05) is 19.6 Å². The lowest BCUT2D eigenvalue weighted by atomic mass is 10.1. The molecule has 0 aliphatic carbocycles. The van der Waals surface area contributed by atoms with Crippen LogP contribution in [0.1, 0.15) is 12.0 Å². The molecule has 0 bridgehead atoms. The standard InChI is InChI=1S/C15H21NO/c1-3-10-16(11-4-2)12-6-8-14-7-5-9-15(17)13-14/h3-5,7,9,13,17H,1-2,6,8,10-12H2. The Kier molecular flexibility index (Phi) is 6.12. The summed E-state index contributed by atoms with van der Waals surface area (Å²) < 4.78 is 0. The van der Waals surface area contributed by atoms with Crippen LogP contribution >= 0.6 is 0 Å². The van der Waals surface area contributed by atoms with Gasteiger partial charge < -0.3 is 5.11 Å². The molecule has 0 unspecified atom stereocenters. The molecule has 0 radical (unpaired) electrons. The van der Waals surface area contributed by atoms with Gasteiger partial charge in [-0.05, 0) is 37.1 Å². The van der Waals surface area contributed by atoms with E-state index in [-0.39, 0.29) is 0 Å². The lowest BCUT2D eigenvalue weighted by Crippen LogP contribution is -2.25. The molecule has 0 heterocycles. The maximum absolute atomic E-state index is 9.35. The van der Waals surface area contributed by atoms with E-state index in [0.29, 0.717) is 5.75 Å². The maximum Gasteiger partial charge on any atom is 0.115 e. The first-order valence-corrected chi connectivity index (χ1v) is 5.98. The molecule has 17 heavy (non-hydrogen) atoms. The van der Waals surface area contributed by atoms with Crippen molar-refractivity contribution >= 4 is 0 Å². The first kappa shape index (κ1) is 13.5. The Morgan fingerprint density at radius 2 is 1.88 bits per heavy atom. The molecule has 0 saturated heterocycles. The molecule has 0 spiro atoms. The molecule has 2 heteroatoms. The minimum Gasteiger partial charge on any atom is -0.508 e. The Balaban J connectivity index is 2.34. The third-order valence-corrected chi connectivity index (χ3v) is 2.62. The molecular formula is C15H21NO. The number of nitrogens with zero attached hydrogens (tertiary/aromatic N) is 1. The monoisotopic (exact) mass is 231 g/mol. The molecule has 0 atom stereocenters. The second-order valence-electron chi connectivity index (χ2n) is 4.11. The van der Waals surface area contributed by atoms with Gasteiger partial charge in [-0.15, -0.1) is 13.2 Å². The van der Waals surface area contributed by atoms with E-state index in [9.17, 15) is 5.11 Å². The van der Waals surface area contributed by atoms with Gasteiger partial charge >= 0.3 is 0 Å². The van der Waals surface area contributed by atoms with Gasteiger partial charge in [0.25, 0.3) is 0 Å². The number of aryl methyl sites for hydroxylation is 1. The fourth-order valence-corrected chi connectivity index (χ4v) is 1.84. The van der Waals surface area contributed by atoms with Crippen LogP contribution in [-0.4, -0.2) is 29.6 Å². The van der Waals surface area contributed by atoms with Gasteiger partial charge in [-0.3, -0.25) is 4.90 Å². The van der Waals surface area contributed by atoms with E-state index < -0.39 is 0 Å². The normalized spacial score (nSPS) is 10.4. The van der Waals surface area contributed by atoms with Crippen molar-refractivity contribution in [2.45, 2.75) is 12.8 Å². The van der Waals surface area contributed by atoms with Gasteiger partial charge in [-0.2, -0.15) is 0 Å². The topological polar surface area (TPSA) is 23.5 Å². The highest BCUT2D eigenvalue weighted by atomic mass is 16.3. The van der Waals surface area contributed by atoms with Gasteiger partial charge in [-0.1, -0.05) is 24.3 Å². The summed E-state index contributed by atoms with van der Waals surface area (Å²) in [6.07, 6.45) is 5.89. The average molecular weight is 231 g/mol. The summed E-state index contributed by atoms with van der Waals surface area (Å²) in [6.45, 7) is 10.3. The van der Waals surface area contributed by atoms with E-state index in [1.54, 1.807) is 6.07 Å². The number of phenolic OH excluding ortho intramolecular Hbond substituents is 1. The largest absolute Gasteiger partial charge is 0.508 e. The molecule has 1 N–H and O–H groups in total. The lowest BCUT2D eigenvalue weighted by Gasteiger charge is -2.18. The smallest absolute Gasteiger partial charge is 0.115 e. The molecule has 2 nitrogen and oxygen atoms in total. The summed E-state index contributed by atoms with van der Waals surface area (Å²) in [5.74, 6) is 0.344. The number of hydrogen-bond acceptors (Lipinski definition) is 2. The molecule has 0 aliphatic heterocycles.